The first-order valence-corrected chi connectivity index (χ1v) is 4.25. The average molecular weight is 202 g/mol. The molecule has 2 nitrogen and oxygen atoms in total. The summed E-state index contributed by atoms with van der Waals surface area (Å²) < 4.78 is 25.9. The number of aliphatic hydroxyl groups is 2. The standard InChI is InChI=1S/C10H12F2O2/c11-9-3-1-8(2-4-9)5-10(12,6-13)7-14/h1-4,13-14H,5-7H2. The van der Waals surface area contributed by atoms with E-state index in [1.54, 1.807) is 0 Å². The van der Waals surface area contributed by atoms with Crippen LogP contribution in [0.25, 0.3) is 0 Å². The van der Waals surface area contributed by atoms with E-state index >= 15 is 0 Å². The summed E-state index contributed by atoms with van der Waals surface area (Å²) in [5.41, 5.74) is -1.49. The largest absolute Gasteiger partial charge is 0.393 e. The third-order valence-corrected chi connectivity index (χ3v) is 2.00. The normalized spacial score (nSPS) is 11.7. The van der Waals surface area contributed by atoms with Crippen LogP contribution in [0.2, 0.25) is 0 Å². The lowest BCUT2D eigenvalue weighted by atomic mass is 9.98. The molecule has 0 atom stereocenters. The second kappa shape index (κ2) is 4.48. The Bertz CT molecular complexity index is 281. The van der Waals surface area contributed by atoms with Crippen molar-refractivity contribution in [2.45, 2.75) is 12.1 Å². The van der Waals surface area contributed by atoms with E-state index in [4.69, 9.17) is 10.2 Å². The van der Waals surface area contributed by atoms with Crippen molar-refractivity contribution >= 4 is 0 Å². The summed E-state index contributed by atoms with van der Waals surface area (Å²) in [6.45, 7) is -1.50. The Morgan fingerprint density at radius 3 is 2.00 bits per heavy atom. The number of aliphatic hydroxyl groups excluding tert-OH is 2. The van der Waals surface area contributed by atoms with Gasteiger partial charge in [0.15, 0.2) is 5.67 Å². The van der Waals surface area contributed by atoms with Crippen molar-refractivity contribution in [1.29, 1.82) is 0 Å². The maximum Gasteiger partial charge on any atom is 0.160 e. The van der Waals surface area contributed by atoms with Crippen molar-refractivity contribution in [3.63, 3.8) is 0 Å². The summed E-state index contributed by atoms with van der Waals surface area (Å²) in [7, 11) is 0. The Morgan fingerprint density at radius 2 is 1.57 bits per heavy atom. The van der Waals surface area contributed by atoms with Gasteiger partial charge in [0.05, 0.1) is 13.2 Å². The third kappa shape index (κ3) is 2.75. The average Bonchev–Trinajstić information content (AvgIpc) is 2.21. The molecule has 78 valence electrons. The smallest absolute Gasteiger partial charge is 0.160 e. The van der Waals surface area contributed by atoms with Crippen LogP contribution in [0.3, 0.4) is 0 Å². The maximum absolute atomic E-state index is 13.4. The fourth-order valence-corrected chi connectivity index (χ4v) is 1.13. The number of hydrogen-bond acceptors (Lipinski definition) is 2. The number of alkyl halides is 1. The van der Waals surface area contributed by atoms with Crippen LogP contribution in [-0.2, 0) is 6.42 Å². The fraction of sp³-hybridized carbons (Fsp3) is 0.400. The highest BCUT2D eigenvalue weighted by atomic mass is 19.1. The van der Waals surface area contributed by atoms with Crippen molar-refractivity contribution < 1.29 is 19.0 Å². The lowest BCUT2D eigenvalue weighted by molar-refractivity contribution is 0.0166. The first-order chi connectivity index (χ1) is 6.59. The number of halogens is 2. The van der Waals surface area contributed by atoms with Crippen LogP contribution in [-0.4, -0.2) is 29.1 Å². The number of hydrogen-bond donors (Lipinski definition) is 2. The van der Waals surface area contributed by atoms with E-state index < -0.39 is 24.7 Å². The third-order valence-electron chi connectivity index (χ3n) is 2.00. The van der Waals surface area contributed by atoms with Crippen LogP contribution >= 0.6 is 0 Å². The Labute approximate surface area is 80.8 Å². The van der Waals surface area contributed by atoms with E-state index in [1.165, 1.54) is 24.3 Å². The Balaban J connectivity index is 2.72. The molecule has 0 spiro atoms. The van der Waals surface area contributed by atoms with Crippen molar-refractivity contribution in [2.24, 2.45) is 0 Å². The van der Waals surface area contributed by atoms with Crippen LogP contribution in [0.5, 0.6) is 0 Å². The van der Waals surface area contributed by atoms with Gasteiger partial charge >= 0.3 is 0 Å². The van der Waals surface area contributed by atoms with Crippen LogP contribution in [0.1, 0.15) is 5.56 Å². The summed E-state index contributed by atoms with van der Waals surface area (Å²) in [6.07, 6.45) is -0.125. The Kier molecular flexibility index (Phi) is 3.55. The van der Waals surface area contributed by atoms with Crippen LogP contribution in [0.15, 0.2) is 24.3 Å². The summed E-state index contributed by atoms with van der Waals surface area (Å²) in [4.78, 5) is 0. The van der Waals surface area contributed by atoms with Gasteiger partial charge in [-0.3, -0.25) is 0 Å². The molecule has 2 N–H and O–H groups in total. The first kappa shape index (κ1) is 11.1. The summed E-state index contributed by atoms with van der Waals surface area (Å²) in [6, 6.07) is 5.28. The lowest BCUT2D eigenvalue weighted by Gasteiger charge is -2.19. The molecule has 0 radical (unpaired) electrons. The zero-order valence-electron chi connectivity index (χ0n) is 7.58. The van der Waals surface area contributed by atoms with Crippen molar-refractivity contribution in [3.05, 3.63) is 35.6 Å². The highest BCUT2D eigenvalue weighted by Gasteiger charge is 2.28. The van der Waals surface area contributed by atoms with Crippen LogP contribution < -0.4 is 0 Å². The summed E-state index contributed by atoms with van der Waals surface area (Å²) in [5.74, 6) is -0.397. The van der Waals surface area contributed by atoms with E-state index in [0.717, 1.165) is 0 Å². The van der Waals surface area contributed by atoms with Crippen LogP contribution in [0, 0.1) is 5.82 Å². The highest BCUT2D eigenvalue weighted by molar-refractivity contribution is 5.18. The minimum atomic E-state index is -2.03. The first-order valence-electron chi connectivity index (χ1n) is 4.25. The van der Waals surface area contributed by atoms with Gasteiger partial charge in [-0.15, -0.1) is 0 Å². The molecule has 0 bridgehead atoms. The molecule has 0 aliphatic carbocycles. The van der Waals surface area contributed by atoms with Gasteiger partial charge in [-0.1, -0.05) is 12.1 Å². The second-order valence-electron chi connectivity index (χ2n) is 3.27. The summed E-state index contributed by atoms with van der Waals surface area (Å²) in [5, 5.41) is 17.4. The zero-order chi connectivity index (χ0) is 10.6. The highest BCUT2D eigenvalue weighted by Crippen LogP contribution is 2.17. The van der Waals surface area contributed by atoms with Gasteiger partial charge < -0.3 is 10.2 Å². The summed E-state index contributed by atoms with van der Waals surface area (Å²) >= 11 is 0. The quantitative estimate of drug-likeness (QED) is 0.766. The van der Waals surface area contributed by atoms with Gasteiger partial charge in [0.25, 0.3) is 0 Å². The minimum Gasteiger partial charge on any atom is -0.393 e. The molecule has 1 rings (SSSR count). The number of rotatable bonds is 4. The van der Waals surface area contributed by atoms with Gasteiger partial charge in [0.2, 0.25) is 0 Å². The van der Waals surface area contributed by atoms with Gasteiger partial charge in [-0.2, -0.15) is 0 Å². The maximum atomic E-state index is 13.4. The lowest BCUT2D eigenvalue weighted by Crippen LogP contribution is -2.34. The monoisotopic (exact) mass is 202 g/mol. The Hall–Kier alpha value is -1.00. The zero-order valence-corrected chi connectivity index (χ0v) is 7.58. The molecular formula is C10H12F2O2. The predicted molar refractivity (Wildman–Crippen MR) is 48.1 cm³/mol. The van der Waals surface area contributed by atoms with E-state index in [-0.39, 0.29) is 6.42 Å². The minimum absolute atomic E-state index is 0.125. The van der Waals surface area contributed by atoms with Gasteiger partial charge in [0, 0.05) is 6.42 Å². The molecule has 0 aliphatic heterocycles. The molecule has 1 aromatic carbocycles. The molecule has 4 heteroatoms. The SMILES string of the molecule is OCC(F)(CO)Cc1ccc(F)cc1. The van der Waals surface area contributed by atoms with E-state index in [1.807, 2.05) is 0 Å². The fourth-order valence-electron chi connectivity index (χ4n) is 1.13. The van der Waals surface area contributed by atoms with Crippen molar-refractivity contribution in [3.8, 4) is 0 Å². The number of benzene rings is 1. The molecular weight excluding hydrogens is 190 g/mol. The molecule has 0 unspecified atom stereocenters. The molecule has 0 amide bonds. The van der Waals surface area contributed by atoms with E-state index in [2.05, 4.69) is 0 Å². The second-order valence-corrected chi connectivity index (χ2v) is 3.27. The van der Waals surface area contributed by atoms with Crippen molar-refractivity contribution in [1.82, 2.24) is 0 Å². The molecule has 0 aliphatic rings. The molecule has 1 aromatic rings. The van der Waals surface area contributed by atoms with Gasteiger partial charge in [-0.25, -0.2) is 8.78 Å². The molecule has 0 saturated carbocycles. The van der Waals surface area contributed by atoms with E-state index in [9.17, 15) is 8.78 Å². The van der Waals surface area contributed by atoms with E-state index in [0.29, 0.717) is 5.56 Å². The topological polar surface area (TPSA) is 40.5 Å². The Morgan fingerprint density at radius 1 is 1.07 bits per heavy atom. The molecule has 14 heavy (non-hydrogen) atoms. The van der Waals surface area contributed by atoms with Gasteiger partial charge in [0.1, 0.15) is 5.82 Å². The molecule has 0 fully saturated rings. The van der Waals surface area contributed by atoms with Crippen LogP contribution in [0.4, 0.5) is 8.78 Å². The molecule has 0 saturated heterocycles. The van der Waals surface area contributed by atoms with Gasteiger partial charge in [-0.05, 0) is 17.7 Å². The molecule has 0 aromatic heterocycles. The predicted octanol–water partition coefficient (Wildman–Crippen LogP) is 1.06. The molecule has 0 heterocycles. The van der Waals surface area contributed by atoms with Crippen molar-refractivity contribution in [2.75, 3.05) is 13.2 Å².